The summed E-state index contributed by atoms with van der Waals surface area (Å²) in [6.07, 6.45) is 1.82. The number of carbonyl (C=O) groups is 2. The molecular weight excluding hydrogens is 599 g/mol. The van der Waals surface area contributed by atoms with Gasteiger partial charge in [-0.25, -0.2) is 0 Å². The second-order valence-electron chi connectivity index (χ2n) is 9.26. The Morgan fingerprint density at radius 2 is 1.82 bits per heavy atom. The Balaban J connectivity index is 1.97. The van der Waals surface area contributed by atoms with Crippen molar-refractivity contribution >= 4 is 34.4 Å². The smallest absolute Gasteiger partial charge is 0.247 e. The molecule has 0 radical (unpaired) electrons. The van der Waals surface area contributed by atoms with Crippen molar-refractivity contribution in [3.8, 4) is 11.5 Å². The molecule has 1 aliphatic carbocycles. The fourth-order valence-electron chi connectivity index (χ4n) is 4.39. The van der Waals surface area contributed by atoms with Crippen molar-refractivity contribution in [1.82, 2.24) is 10.2 Å². The van der Waals surface area contributed by atoms with Gasteiger partial charge in [-0.3, -0.25) is 9.59 Å². The zero-order valence-corrected chi connectivity index (χ0v) is 24.1. The Morgan fingerprint density at radius 1 is 1.13 bits per heavy atom. The summed E-state index contributed by atoms with van der Waals surface area (Å²) in [7, 11) is 1.60. The number of hydrogen-bond donors (Lipinski definition) is 3. The molecule has 0 saturated heterocycles. The van der Waals surface area contributed by atoms with Crippen LogP contribution < -0.4 is 14.8 Å². The van der Waals surface area contributed by atoms with Crippen LogP contribution in [0.15, 0.2) is 71.8 Å². The maximum Gasteiger partial charge on any atom is 0.247 e. The maximum atomic E-state index is 13.5. The number of ether oxygens (including phenoxy) is 2. The van der Waals surface area contributed by atoms with Crippen LogP contribution in [-0.2, 0) is 16.0 Å². The first-order valence-electron chi connectivity index (χ1n) is 12.5. The molecule has 8 nitrogen and oxygen atoms in total. The van der Waals surface area contributed by atoms with E-state index >= 15 is 0 Å². The first kappa shape index (κ1) is 29.7. The van der Waals surface area contributed by atoms with Gasteiger partial charge in [-0.15, -0.1) is 0 Å². The summed E-state index contributed by atoms with van der Waals surface area (Å²) in [5, 5.41) is 23.4. The Kier molecular flexibility index (Phi) is 11.2. The van der Waals surface area contributed by atoms with Gasteiger partial charge in [0.25, 0.3) is 0 Å². The number of nitrogens with zero attached hydrogens (tertiary/aromatic N) is 1. The standard InChI is InChI=1S/C29H35IN2O6/c1-19(2)16-27(34)32(14-12-20-8-4-6-10-24(20)37-3)23-17-21(29(36)31-13-15-33)18-26(28(23)35)38-25-11-7-5-9-22(25)30/h4-11,16,18,23,26,28,33,35H,12-15,17H2,1-3H3,(H,31,36). The van der Waals surface area contributed by atoms with Crippen molar-refractivity contribution in [3.63, 3.8) is 0 Å². The predicted molar refractivity (Wildman–Crippen MR) is 154 cm³/mol. The van der Waals surface area contributed by atoms with Gasteiger partial charge in [-0.05, 0) is 72.7 Å². The first-order valence-corrected chi connectivity index (χ1v) is 13.6. The fourth-order valence-corrected chi connectivity index (χ4v) is 4.90. The molecule has 2 aromatic rings. The molecule has 3 rings (SSSR count). The van der Waals surface area contributed by atoms with Gasteiger partial charge in [0.05, 0.1) is 23.3 Å². The molecule has 0 aliphatic heterocycles. The second-order valence-corrected chi connectivity index (χ2v) is 10.4. The molecule has 2 aromatic carbocycles. The van der Waals surface area contributed by atoms with Crippen molar-refractivity contribution in [1.29, 1.82) is 0 Å². The van der Waals surface area contributed by atoms with Gasteiger partial charge in [-0.2, -0.15) is 0 Å². The first-order chi connectivity index (χ1) is 18.2. The number of amides is 2. The minimum Gasteiger partial charge on any atom is -0.496 e. The van der Waals surface area contributed by atoms with E-state index in [9.17, 15) is 19.8 Å². The van der Waals surface area contributed by atoms with Gasteiger partial charge >= 0.3 is 0 Å². The van der Waals surface area contributed by atoms with E-state index in [1.54, 1.807) is 24.2 Å². The quantitative estimate of drug-likeness (QED) is 0.259. The van der Waals surface area contributed by atoms with Crippen LogP contribution in [0.3, 0.4) is 0 Å². The Bertz CT molecular complexity index is 1180. The van der Waals surface area contributed by atoms with Gasteiger partial charge < -0.3 is 29.9 Å². The molecule has 3 N–H and O–H groups in total. The lowest BCUT2D eigenvalue weighted by Gasteiger charge is -2.40. The summed E-state index contributed by atoms with van der Waals surface area (Å²) in [6, 6.07) is 14.3. The van der Waals surface area contributed by atoms with Crippen LogP contribution in [0.1, 0.15) is 25.8 Å². The van der Waals surface area contributed by atoms with Crippen LogP contribution >= 0.6 is 22.6 Å². The molecule has 3 atom stereocenters. The minimum absolute atomic E-state index is 0.0969. The van der Waals surface area contributed by atoms with E-state index < -0.39 is 18.2 Å². The molecule has 0 spiro atoms. The average Bonchev–Trinajstić information content (AvgIpc) is 2.90. The third-order valence-electron chi connectivity index (χ3n) is 6.22. The second kappa shape index (κ2) is 14.3. The van der Waals surface area contributed by atoms with Crippen molar-refractivity contribution in [2.75, 3.05) is 26.8 Å². The Labute approximate surface area is 237 Å². The molecule has 3 unspecified atom stereocenters. The summed E-state index contributed by atoms with van der Waals surface area (Å²) in [5.74, 6) is 0.663. The van der Waals surface area contributed by atoms with Crippen LogP contribution in [0.5, 0.6) is 11.5 Å². The lowest BCUT2D eigenvalue weighted by atomic mass is 9.87. The SMILES string of the molecule is COc1ccccc1CCN(C(=O)C=C(C)C)C1CC(C(=O)NCCO)=CC(Oc2ccccc2I)C1O. The fraction of sp³-hybridized carbons (Fsp3) is 0.379. The highest BCUT2D eigenvalue weighted by Crippen LogP contribution is 2.30. The van der Waals surface area contributed by atoms with Crippen molar-refractivity contribution in [3.05, 3.63) is 81.0 Å². The van der Waals surface area contributed by atoms with Gasteiger partial charge in [0, 0.05) is 31.2 Å². The van der Waals surface area contributed by atoms with E-state index in [4.69, 9.17) is 9.47 Å². The number of para-hydroxylation sites is 2. The van der Waals surface area contributed by atoms with Crippen LogP contribution in [0.4, 0.5) is 0 Å². The van der Waals surface area contributed by atoms with Crippen molar-refractivity contribution < 1.29 is 29.3 Å². The third-order valence-corrected chi connectivity index (χ3v) is 7.12. The molecule has 0 bridgehead atoms. The molecule has 38 heavy (non-hydrogen) atoms. The van der Waals surface area contributed by atoms with Crippen LogP contribution in [-0.4, -0.2) is 72.0 Å². The van der Waals surface area contributed by atoms with Gasteiger partial charge in [0.15, 0.2) is 0 Å². The Hall–Kier alpha value is -2.89. The summed E-state index contributed by atoms with van der Waals surface area (Å²) in [5.41, 5.74) is 2.14. The van der Waals surface area contributed by atoms with E-state index in [0.717, 1.165) is 20.5 Å². The van der Waals surface area contributed by atoms with E-state index in [-0.39, 0.29) is 31.4 Å². The normalized spacial score (nSPS) is 18.7. The third kappa shape index (κ3) is 7.81. The highest BCUT2D eigenvalue weighted by atomic mass is 127. The number of allylic oxidation sites excluding steroid dienone is 1. The summed E-state index contributed by atoms with van der Waals surface area (Å²) in [6.45, 7) is 3.87. The highest BCUT2D eigenvalue weighted by Gasteiger charge is 2.40. The molecule has 0 aromatic heterocycles. The number of methoxy groups -OCH3 is 1. The lowest BCUT2D eigenvalue weighted by molar-refractivity contribution is -0.133. The zero-order chi connectivity index (χ0) is 27.7. The summed E-state index contributed by atoms with van der Waals surface area (Å²) >= 11 is 2.15. The number of nitrogens with one attached hydrogen (secondary N) is 1. The van der Waals surface area contributed by atoms with E-state index in [1.807, 2.05) is 56.3 Å². The van der Waals surface area contributed by atoms with Crippen molar-refractivity contribution in [2.45, 2.75) is 44.9 Å². The van der Waals surface area contributed by atoms with Crippen LogP contribution in [0, 0.1) is 3.57 Å². The van der Waals surface area contributed by atoms with Crippen LogP contribution in [0.25, 0.3) is 0 Å². The summed E-state index contributed by atoms with van der Waals surface area (Å²) in [4.78, 5) is 28.0. The number of halogens is 1. The van der Waals surface area contributed by atoms with Crippen LogP contribution in [0.2, 0.25) is 0 Å². The molecular formula is C29H35IN2O6. The Morgan fingerprint density at radius 3 is 2.47 bits per heavy atom. The molecule has 1 aliphatic rings. The number of rotatable bonds is 11. The number of hydrogen-bond acceptors (Lipinski definition) is 6. The zero-order valence-electron chi connectivity index (χ0n) is 21.9. The number of carbonyl (C=O) groups excluding carboxylic acids is 2. The number of benzene rings is 2. The molecule has 9 heteroatoms. The highest BCUT2D eigenvalue weighted by molar-refractivity contribution is 14.1. The lowest BCUT2D eigenvalue weighted by Crippen LogP contribution is -2.55. The molecule has 0 fully saturated rings. The number of aliphatic hydroxyl groups is 2. The maximum absolute atomic E-state index is 13.5. The van der Waals surface area contributed by atoms with E-state index in [1.165, 1.54) is 6.08 Å². The van der Waals surface area contributed by atoms with E-state index in [0.29, 0.717) is 24.3 Å². The summed E-state index contributed by atoms with van der Waals surface area (Å²) < 4.78 is 12.5. The topological polar surface area (TPSA) is 108 Å². The minimum atomic E-state index is -1.09. The monoisotopic (exact) mass is 634 g/mol. The van der Waals surface area contributed by atoms with E-state index in [2.05, 4.69) is 27.9 Å². The molecule has 0 saturated carbocycles. The van der Waals surface area contributed by atoms with Gasteiger partial charge in [0.2, 0.25) is 11.8 Å². The molecule has 204 valence electrons. The van der Waals surface area contributed by atoms with Gasteiger partial charge in [-0.1, -0.05) is 35.9 Å². The van der Waals surface area contributed by atoms with Gasteiger partial charge in [0.1, 0.15) is 23.7 Å². The average molecular weight is 635 g/mol. The molecule has 0 heterocycles. The molecule has 2 amide bonds. The van der Waals surface area contributed by atoms with Crippen molar-refractivity contribution in [2.24, 2.45) is 0 Å². The largest absolute Gasteiger partial charge is 0.496 e. The number of aliphatic hydroxyl groups excluding tert-OH is 2. The predicted octanol–water partition coefficient (Wildman–Crippen LogP) is 3.25.